The molecule has 1 N–H and O–H groups in total. The molecule has 0 saturated heterocycles. The highest BCUT2D eigenvalue weighted by Gasteiger charge is 2.32. The van der Waals surface area contributed by atoms with Crippen LogP contribution < -0.4 is 10.1 Å². The van der Waals surface area contributed by atoms with Crippen molar-refractivity contribution in [1.82, 2.24) is 10.2 Å². The zero-order valence-electron chi connectivity index (χ0n) is 22.0. The molecular formula is C31H38N2O3. The molecule has 3 aromatic rings. The zero-order chi connectivity index (χ0) is 26.1. The first kappa shape index (κ1) is 27.0. The van der Waals surface area contributed by atoms with Gasteiger partial charge in [-0.1, -0.05) is 86.6 Å². The van der Waals surface area contributed by atoms with Gasteiger partial charge in [-0.15, -0.1) is 0 Å². The van der Waals surface area contributed by atoms with Crippen molar-refractivity contribution >= 4 is 11.8 Å². The molecule has 0 aliphatic heterocycles. The summed E-state index contributed by atoms with van der Waals surface area (Å²) >= 11 is 0. The maximum Gasteiger partial charge on any atom is 0.261 e. The topological polar surface area (TPSA) is 58.6 Å². The van der Waals surface area contributed by atoms with Crippen molar-refractivity contribution in [1.29, 1.82) is 0 Å². The Morgan fingerprint density at radius 2 is 1.39 bits per heavy atom. The number of hydrogen-bond donors (Lipinski definition) is 1. The number of amides is 2. The molecule has 0 aliphatic rings. The molecule has 0 aliphatic carbocycles. The predicted octanol–water partition coefficient (Wildman–Crippen LogP) is 5.74. The summed E-state index contributed by atoms with van der Waals surface area (Å²) in [5, 5.41) is 3.08. The Hall–Kier alpha value is -3.60. The molecule has 0 radical (unpaired) electrons. The maximum absolute atomic E-state index is 13.6. The van der Waals surface area contributed by atoms with Crippen molar-refractivity contribution in [2.45, 2.75) is 65.1 Å². The maximum atomic E-state index is 13.6. The van der Waals surface area contributed by atoms with Gasteiger partial charge in [-0.2, -0.15) is 0 Å². The van der Waals surface area contributed by atoms with Crippen molar-refractivity contribution < 1.29 is 14.3 Å². The lowest BCUT2D eigenvalue weighted by Gasteiger charge is -2.33. The van der Waals surface area contributed by atoms with Crippen LogP contribution in [-0.4, -0.2) is 34.9 Å². The van der Waals surface area contributed by atoms with E-state index in [9.17, 15) is 9.59 Å². The number of carbonyl (C=O) groups is 2. The summed E-state index contributed by atoms with van der Waals surface area (Å²) in [4.78, 5) is 28.8. The number of benzene rings is 3. The highest BCUT2D eigenvalue weighted by molar-refractivity contribution is 5.89. The number of nitrogens with zero attached hydrogens (tertiary/aromatic N) is 1. The summed E-state index contributed by atoms with van der Waals surface area (Å²) in [6.45, 7) is 10.3. The molecule has 2 amide bonds. The van der Waals surface area contributed by atoms with Crippen LogP contribution in [0.15, 0.2) is 84.9 Å². The van der Waals surface area contributed by atoms with E-state index in [0.717, 1.165) is 11.1 Å². The average Bonchev–Trinajstić information content (AvgIpc) is 2.85. The van der Waals surface area contributed by atoms with Gasteiger partial charge in [0.05, 0.1) is 0 Å². The van der Waals surface area contributed by atoms with E-state index in [2.05, 4.69) is 19.2 Å². The molecule has 5 nitrogen and oxygen atoms in total. The van der Waals surface area contributed by atoms with Crippen LogP contribution in [0.5, 0.6) is 5.75 Å². The third-order valence-corrected chi connectivity index (χ3v) is 5.87. The summed E-state index contributed by atoms with van der Waals surface area (Å²) < 4.78 is 5.88. The van der Waals surface area contributed by atoms with E-state index in [1.807, 2.05) is 106 Å². The molecule has 5 heteroatoms. The minimum absolute atomic E-state index is 0.151. The molecule has 36 heavy (non-hydrogen) atoms. The first-order chi connectivity index (χ1) is 17.1. The van der Waals surface area contributed by atoms with Crippen molar-refractivity contribution in [2.75, 3.05) is 6.61 Å². The lowest BCUT2D eigenvalue weighted by atomic mass is 10.0. The molecule has 0 heterocycles. The highest BCUT2D eigenvalue weighted by atomic mass is 16.5. The first-order valence-corrected chi connectivity index (χ1v) is 12.5. The van der Waals surface area contributed by atoms with Crippen LogP contribution >= 0.6 is 0 Å². The Labute approximate surface area is 215 Å². The van der Waals surface area contributed by atoms with E-state index in [1.54, 1.807) is 4.90 Å². The number of hydrogen-bond acceptors (Lipinski definition) is 3. The van der Waals surface area contributed by atoms with Crippen molar-refractivity contribution in [3.8, 4) is 5.75 Å². The smallest absolute Gasteiger partial charge is 0.261 e. The van der Waals surface area contributed by atoms with Crippen LogP contribution in [0.2, 0.25) is 0 Å². The summed E-state index contributed by atoms with van der Waals surface area (Å²) in [6.07, 6.45) is 0.407. The summed E-state index contributed by atoms with van der Waals surface area (Å²) in [7, 11) is 0. The molecule has 0 bridgehead atoms. The molecule has 0 fully saturated rings. The molecule has 190 valence electrons. The average molecular weight is 487 g/mol. The second-order valence-corrected chi connectivity index (χ2v) is 10.5. The Morgan fingerprint density at radius 1 is 0.833 bits per heavy atom. The normalized spacial score (nSPS) is 12.2. The number of rotatable bonds is 10. The van der Waals surface area contributed by atoms with Crippen LogP contribution in [-0.2, 0) is 22.6 Å². The highest BCUT2D eigenvalue weighted by Crippen LogP contribution is 2.20. The zero-order valence-corrected chi connectivity index (χ0v) is 22.0. The van der Waals surface area contributed by atoms with Crippen molar-refractivity contribution in [3.05, 3.63) is 102 Å². The monoisotopic (exact) mass is 486 g/mol. The van der Waals surface area contributed by atoms with Crippen LogP contribution in [0.1, 0.15) is 57.2 Å². The fourth-order valence-corrected chi connectivity index (χ4v) is 3.96. The van der Waals surface area contributed by atoms with Gasteiger partial charge >= 0.3 is 0 Å². The van der Waals surface area contributed by atoms with Gasteiger partial charge in [-0.3, -0.25) is 9.59 Å². The Bertz CT molecular complexity index is 1100. The van der Waals surface area contributed by atoms with Crippen LogP contribution in [0.3, 0.4) is 0 Å². The Balaban J connectivity index is 1.87. The minimum Gasteiger partial charge on any atom is -0.484 e. The Morgan fingerprint density at radius 3 is 1.92 bits per heavy atom. The van der Waals surface area contributed by atoms with E-state index in [0.29, 0.717) is 24.6 Å². The molecule has 0 unspecified atom stereocenters. The fraction of sp³-hybridized carbons (Fsp3) is 0.355. The van der Waals surface area contributed by atoms with Gasteiger partial charge in [0.2, 0.25) is 5.91 Å². The number of carbonyl (C=O) groups excluding carboxylic acids is 2. The van der Waals surface area contributed by atoms with Gasteiger partial charge in [0.1, 0.15) is 11.8 Å². The standard InChI is InChI=1S/C31H38N2O3/c1-23(2)26-16-18-27(19-17-26)36-22-29(34)33(21-25-14-10-7-11-15-25)28(30(35)32-31(3,4)5)20-24-12-8-6-9-13-24/h6-19,23,28H,20-22H2,1-5H3,(H,32,35)/t28-/m1/s1. The van der Waals surface area contributed by atoms with Gasteiger partial charge in [0.25, 0.3) is 5.91 Å². The van der Waals surface area contributed by atoms with E-state index in [4.69, 9.17) is 4.74 Å². The first-order valence-electron chi connectivity index (χ1n) is 12.5. The molecule has 0 aromatic heterocycles. The lowest BCUT2D eigenvalue weighted by Crippen LogP contribution is -2.55. The van der Waals surface area contributed by atoms with E-state index in [-0.39, 0.29) is 18.4 Å². The van der Waals surface area contributed by atoms with Gasteiger partial charge in [-0.25, -0.2) is 0 Å². The number of ether oxygens (including phenoxy) is 1. The number of nitrogens with one attached hydrogen (secondary N) is 1. The van der Waals surface area contributed by atoms with E-state index < -0.39 is 11.6 Å². The van der Waals surface area contributed by atoms with Crippen molar-refractivity contribution in [3.63, 3.8) is 0 Å². The molecule has 0 saturated carbocycles. The van der Waals surface area contributed by atoms with Gasteiger partial charge in [0.15, 0.2) is 6.61 Å². The SMILES string of the molecule is CC(C)c1ccc(OCC(=O)N(Cc2ccccc2)[C@H](Cc2ccccc2)C(=O)NC(C)(C)C)cc1. The van der Waals surface area contributed by atoms with Gasteiger partial charge in [-0.05, 0) is 55.5 Å². The van der Waals surface area contributed by atoms with Gasteiger partial charge in [0, 0.05) is 18.5 Å². The molecule has 3 rings (SSSR count). The summed E-state index contributed by atoms with van der Waals surface area (Å²) in [5.74, 6) is 0.627. The van der Waals surface area contributed by atoms with Crippen molar-refractivity contribution in [2.24, 2.45) is 0 Å². The summed E-state index contributed by atoms with van der Waals surface area (Å²) in [5.41, 5.74) is 2.72. The molecule has 3 aromatic carbocycles. The van der Waals surface area contributed by atoms with Gasteiger partial charge < -0.3 is 15.0 Å². The van der Waals surface area contributed by atoms with Crippen LogP contribution in [0.4, 0.5) is 0 Å². The largest absolute Gasteiger partial charge is 0.484 e. The third-order valence-electron chi connectivity index (χ3n) is 5.87. The lowest BCUT2D eigenvalue weighted by molar-refractivity contribution is -0.143. The summed E-state index contributed by atoms with van der Waals surface area (Å²) in [6, 6.07) is 26.7. The van der Waals surface area contributed by atoms with E-state index in [1.165, 1.54) is 5.56 Å². The predicted molar refractivity (Wildman–Crippen MR) is 145 cm³/mol. The molecule has 1 atom stereocenters. The second kappa shape index (κ2) is 12.4. The third kappa shape index (κ3) is 8.26. The molecule has 0 spiro atoms. The van der Waals surface area contributed by atoms with Crippen LogP contribution in [0, 0.1) is 0 Å². The molecular weight excluding hydrogens is 448 g/mol. The fourth-order valence-electron chi connectivity index (χ4n) is 3.96. The second-order valence-electron chi connectivity index (χ2n) is 10.5. The minimum atomic E-state index is -0.689. The quantitative estimate of drug-likeness (QED) is 0.397. The van der Waals surface area contributed by atoms with Crippen LogP contribution in [0.25, 0.3) is 0 Å². The Kier molecular flexibility index (Phi) is 9.29. The van der Waals surface area contributed by atoms with E-state index >= 15 is 0 Å².